The Labute approximate surface area is 131 Å². The SMILES string of the molecule is Cc1ccc(C(=O)OCc2nnc(-c3ccccc3)o2)cc1F. The predicted octanol–water partition coefficient (Wildman–Crippen LogP) is 3.54. The van der Waals surface area contributed by atoms with Crippen LogP contribution < -0.4 is 0 Å². The molecule has 0 unspecified atom stereocenters. The van der Waals surface area contributed by atoms with Crippen molar-refractivity contribution in [2.45, 2.75) is 13.5 Å². The van der Waals surface area contributed by atoms with Gasteiger partial charge in [0.2, 0.25) is 5.89 Å². The van der Waals surface area contributed by atoms with Crippen molar-refractivity contribution < 1.29 is 18.3 Å². The number of hydrogen-bond donors (Lipinski definition) is 0. The largest absolute Gasteiger partial charge is 0.452 e. The number of ether oxygens (including phenoxy) is 1. The van der Waals surface area contributed by atoms with Crippen LogP contribution in [0.15, 0.2) is 52.9 Å². The Bertz CT molecular complexity index is 831. The summed E-state index contributed by atoms with van der Waals surface area (Å²) in [5, 5.41) is 7.72. The van der Waals surface area contributed by atoms with E-state index in [0.29, 0.717) is 11.5 Å². The van der Waals surface area contributed by atoms with Gasteiger partial charge in [0.1, 0.15) is 5.82 Å². The van der Waals surface area contributed by atoms with E-state index in [2.05, 4.69) is 10.2 Å². The first-order chi connectivity index (χ1) is 11.1. The van der Waals surface area contributed by atoms with Gasteiger partial charge in [0.15, 0.2) is 6.61 Å². The molecule has 23 heavy (non-hydrogen) atoms. The van der Waals surface area contributed by atoms with E-state index in [-0.39, 0.29) is 18.1 Å². The van der Waals surface area contributed by atoms with E-state index in [1.54, 1.807) is 6.92 Å². The third kappa shape index (κ3) is 3.42. The first-order valence-corrected chi connectivity index (χ1v) is 6.94. The van der Waals surface area contributed by atoms with Gasteiger partial charge in [-0.1, -0.05) is 24.3 Å². The number of aryl methyl sites for hydroxylation is 1. The van der Waals surface area contributed by atoms with Gasteiger partial charge in [-0.05, 0) is 36.8 Å². The minimum atomic E-state index is -0.650. The van der Waals surface area contributed by atoms with Crippen molar-refractivity contribution in [1.82, 2.24) is 10.2 Å². The first-order valence-electron chi connectivity index (χ1n) is 6.94. The molecule has 3 rings (SSSR count). The zero-order chi connectivity index (χ0) is 16.2. The molecule has 3 aromatic rings. The Morgan fingerprint density at radius 1 is 1.17 bits per heavy atom. The zero-order valence-corrected chi connectivity index (χ0v) is 12.3. The van der Waals surface area contributed by atoms with E-state index in [9.17, 15) is 9.18 Å². The number of carbonyl (C=O) groups is 1. The minimum absolute atomic E-state index is 0.135. The molecule has 0 atom stereocenters. The van der Waals surface area contributed by atoms with Gasteiger partial charge >= 0.3 is 5.97 Å². The summed E-state index contributed by atoms with van der Waals surface area (Å²) in [5.41, 5.74) is 1.38. The quantitative estimate of drug-likeness (QED) is 0.689. The van der Waals surface area contributed by atoms with Crippen molar-refractivity contribution >= 4 is 5.97 Å². The van der Waals surface area contributed by atoms with Crippen LogP contribution in [0.3, 0.4) is 0 Å². The van der Waals surface area contributed by atoms with Gasteiger partial charge in [-0.25, -0.2) is 9.18 Å². The molecule has 0 saturated carbocycles. The molecule has 0 aliphatic carbocycles. The minimum Gasteiger partial charge on any atom is -0.452 e. The second-order valence-electron chi connectivity index (χ2n) is 4.91. The highest BCUT2D eigenvalue weighted by Crippen LogP contribution is 2.17. The monoisotopic (exact) mass is 312 g/mol. The predicted molar refractivity (Wildman–Crippen MR) is 80.0 cm³/mol. The van der Waals surface area contributed by atoms with Crippen LogP contribution in [0.25, 0.3) is 11.5 Å². The second kappa shape index (κ2) is 6.39. The average Bonchev–Trinajstić information content (AvgIpc) is 3.05. The highest BCUT2D eigenvalue weighted by atomic mass is 19.1. The van der Waals surface area contributed by atoms with Crippen molar-refractivity contribution in [3.8, 4) is 11.5 Å². The lowest BCUT2D eigenvalue weighted by Crippen LogP contribution is -2.06. The Morgan fingerprint density at radius 3 is 2.70 bits per heavy atom. The number of carbonyl (C=O) groups excluding carboxylic acids is 1. The molecule has 0 fully saturated rings. The van der Waals surface area contributed by atoms with Gasteiger partial charge in [-0.2, -0.15) is 0 Å². The molecule has 0 aliphatic heterocycles. The normalized spacial score (nSPS) is 10.5. The fraction of sp³-hybridized carbons (Fsp3) is 0.118. The summed E-state index contributed by atoms with van der Waals surface area (Å²) in [7, 11) is 0. The van der Waals surface area contributed by atoms with E-state index >= 15 is 0 Å². The van der Waals surface area contributed by atoms with Crippen LogP contribution in [0.2, 0.25) is 0 Å². The number of esters is 1. The van der Waals surface area contributed by atoms with Crippen molar-refractivity contribution in [3.63, 3.8) is 0 Å². The van der Waals surface area contributed by atoms with Gasteiger partial charge in [-0.15, -0.1) is 10.2 Å². The van der Waals surface area contributed by atoms with Crippen LogP contribution in [0.5, 0.6) is 0 Å². The molecular weight excluding hydrogens is 299 g/mol. The number of benzene rings is 2. The Kier molecular flexibility index (Phi) is 4.14. The number of rotatable bonds is 4. The Morgan fingerprint density at radius 2 is 1.96 bits per heavy atom. The van der Waals surface area contributed by atoms with E-state index < -0.39 is 11.8 Å². The van der Waals surface area contributed by atoms with E-state index in [4.69, 9.17) is 9.15 Å². The Balaban J connectivity index is 1.65. The van der Waals surface area contributed by atoms with Gasteiger partial charge in [0, 0.05) is 5.56 Å². The molecule has 0 aliphatic rings. The summed E-state index contributed by atoms with van der Waals surface area (Å²) in [5.74, 6) is -0.588. The van der Waals surface area contributed by atoms with Crippen molar-refractivity contribution in [2.75, 3.05) is 0 Å². The van der Waals surface area contributed by atoms with Crippen LogP contribution in [-0.2, 0) is 11.3 Å². The second-order valence-corrected chi connectivity index (χ2v) is 4.91. The smallest absolute Gasteiger partial charge is 0.338 e. The van der Waals surface area contributed by atoms with Crippen molar-refractivity contribution in [1.29, 1.82) is 0 Å². The molecule has 6 heteroatoms. The number of hydrogen-bond acceptors (Lipinski definition) is 5. The van der Waals surface area contributed by atoms with E-state index in [1.165, 1.54) is 12.1 Å². The number of nitrogens with zero attached hydrogens (tertiary/aromatic N) is 2. The lowest BCUT2D eigenvalue weighted by atomic mass is 10.1. The molecule has 0 saturated heterocycles. The van der Waals surface area contributed by atoms with Gasteiger partial charge < -0.3 is 9.15 Å². The molecule has 5 nitrogen and oxygen atoms in total. The Hall–Kier alpha value is -3.02. The fourth-order valence-corrected chi connectivity index (χ4v) is 1.94. The van der Waals surface area contributed by atoms with Crippen LogP contribution in [0, 0.1) is 12.7 Å². The van der Waals surface area contributed by atoms with E-state index in [0.717, 1.165) is 11.6 Å². The highest BCUT2D eigenvalue weighted by molar-refractivity contribution is 5.89. The maximum absolute atomic E-state index is 13.4. The van der Waals surface area contributed by atoms with Crippen molar-refractivity contribution in [3.05, 3.63) is 71.4 Å². The lowest BCUT2D eigenvalue weighted by molar-refractivity contribution is 0.0438. The summed E-state index contributed by atoms with van der Waals surface area (Å²) in [6.07, 6.45) is 0. The maximum Gasteiger partial charge on any atom is 0.338 e. The summed E-state index contributed by atoms with van der Waals surface area (Å²) < 4.78 is 23.9. The van der Waals surface area contributed by atoms with Gasteiger partial charge in [-0.3, -0.25) is 0 Å². The topological polar surface area (TPSA) is 65.2 Å². The van der Waals surface area contributed by atoms with Crippen LogP contribution in [0.4, 0.5) is 4.39 Å². The van der Waals surface area contributed by atoms with E-state index in [1.807, 2.05) is 30.3 Å². The first kappa shape index (κ1) is 14.9. The molecule has 0 amide bonds. The van der Waals surface area contributed by atoms with Crippen LogP contribution >= 0.6 is 0 Å². The summed E-state index contributed by atoms with van der Waals surface area (Å²) in [6, 6.07) is 13.4. The van der Waals surface area contributed by atoms with Crippen LogP contribution in [-0.4, -0.2) is 16.2 Å². The molecular formula is C17H13FN2O3. The standard InChI is InChI=1S/C17H13FN2O3/c1-11-7-8-13(9-14(11)18)17(21)22-10-15-19-20-16(23-15)12-5-3-2-4-6-12/h2-9H,10H2,1H3. The number of halogens is 1. The van der Waals surface area contributed by atoms with Crippen LogP contribution in [0.1, 0.15) is 21.8 Å². The summed E-state index contributed by atoms with van der Waals surface area (Å²) >= 11 is 0. The molecule has 0 radical (unpaired) electrons. The highest BCUT2D eigenvalue weighted by Gasteiger charge is 2.13. The van der Waals surface area contributed by atoms with Gasteiger partial charge in [0.25, 0.3) is 5.89 Å². The summed E-state index contributed by atoms with van der Waals surface area (Å²) in [6.45, 7) is 1.45. The van der Waals surface area contributed by atoms with Crippen molar-refractivity contribution in [2.24, 2.45) is 0 Å². The molecule has 0 spiro atoms. The maximum atomic E-state index is 13.4. The zero-order valence-electron chi connectivity index (χ0n) is 12.3. The third-order valence-corrected chi connectivity index (χ3v) is 3.22. The lowest BCUT2D eigenvalue weighted by Gasteiger charge is -2.03. The molecule has 0 N–H and O–H groups in total. The molecule has 116 valence electrons. The average molecular weight is 312 g/mol. The fourth-order valence-electron chi connectivity index (χ4n) is 1.94. The number of aromatic nitrogens is 2. The van der Waals surface area contributed by atoms with Gasteiger partial charge in [0.05, 0.1) is 5.56 Å². The molecule has 2 aromatic carbocycles. The summed E-state index contributed by atoms with van der Waals surface area (Å²) in [4.78, 5) is 11.9. The third-order valence-electron chi connectivity index (χ3n) is 3.22. The molecule has 1 aromatic heterocycles. The molecule has 0 bridgehead atoms. The molecule has 1 heterocycles.